The van der Waals surface area contributed by atoms with E-state index in [1.807, 2.05) is 48.5 Å². The summed E-state index contributed by atoms with van der Waals surface area (Å²) in [6.45, 7) is 0. The predicted octanol–water partition coefficient (Wildman–Crippen LogP) is 3.22. The first kappa shape index (κ1) is 11.9. The van der Waals surface area contributed by atoms with Crippen molar-refractivity contribution < 1.29 is 0 Å². The van der Waals surface area contributed by atoms with Crippen LogP contribution >= 0.6 is 0 Å². The first-order valence-electron chi connectivity index (χ1n) is 5.81. The highest BCUT2D eigenvalue weighted by molar-refractivity contribution is 5.40. The third-order valence-electron chi connectivity index (χ3n) is 2.94. The molecule has 0 heterocycles. The van der Waals surface area contributed by atoms with Crippen LogP contribution in [0.5, 0.6) is 0 Å². The zero-order chi connectivity index (χ0) is 12.8. The standard InChI is InChI=1S/C16H12N2/c17-11-15-7-3-1-5-13(15)9-10-14-6-2-4-8-16(14)12-18/h1-8H,9-10H2. The molecule has 0 atom stereocenters. The van der Waals surface area contributed by atoms with Crippen molar-refractivity contribution in [1.82, 2.24) is 0 Å². The van der Waals surface area contributed by atoms with Crippen LogP contribution in [-0.4, -0.2) is 0 Å². The molecular weight excluding hydrogens is 220 g/mol. The Morgan fingerprint density at radius 2 is 1.06 bits per heavy atom. The number of aryl methyl sites for hydroxylation is 2. The maximum absolute atomic E-state index is 9.01. The Morgan fingerprint density at radius 3 is 1.44 bits per heavy atom. The molecule has 0 amide bonds. The average molecular weight is 232 g/mol. The van der Waals surface area contributed by atoms with Crippen LogP contribution in [0.3, 0.4) is 0 Å². The van der Waals surface area contributed by atoms with Gasteiger partial charge in [-0.2, -0.15) is 10.5 Å². The first-order valence-corrected chi connectivity index (χ1v) is 5.81. The molecule has 86 valence electrons. The maximum Gasteiger partial charge on any atom is 0.0994 e. The molecule has 0 aliphatic heterocycles. The van der Waals surface area contributed by atoms with Crippen molar-refractivity contribution >= 4 is 0 Å². The predicted molar refractivity (Wildman–Crippen MR) is 69.7 cm³/mol. The Morgan fingerprint density at radius 1 is 0.667 bits per heavy atom. The Hall–Kier alpha value is -2.58. The summed E-state index contributed by atoms with van der Waals surface area (Å²) in [5.74, 6) is 0. The molecule has 0 N–H and O–H groups in total. The Bertz CT molecular complexity index is 573. The lowest BCUT2D eigenvalue weighted by molar-refractivity contribution is 0.951. The number of hydrogen-bond donors (Lipinski definition) is 0. The second-order valence-electron chi connectivity index (χ2n) is 4.04. The van der Waals surface area contributed by atoms with Crippen molar-refractivity contribution in [3.63, 3.8) is 0 Å². The zero-order valence-corrected chi connectivity index (χ0v) is 9.93. The van der Waals surface area contributed by atoms with Gasteiger partial charge in [0.2, 0.25) is 0 Å². The minimum Gasteiger partial charge on any atom is -0.192 e. The van der Waals surface area contributed by atoms with Crippen LogP contribution < -0.4 is 0 Å². The zero-order valence-electron chi connectivity index (χ0n) is 9.93. The molecule has 0 aliphatic carbocycles. The van der Waals surface area contributed by atoms with Gasteiger partial charge < -0.3 is 0 Å². The highest BCUT2D eigenvalue weighted by atomic mass is 14.3. The minimum absolute atomic E-state index is 0.715. The van der Waals surface area contributed by atoms with E-state index in [0.29, 0.717) is 11.1 Å². The largest absolute Gasteiger partial charge is 0.192 e. The van der Waals surface area contributed by atoms with E-state index >= 15 is 0 Å². The van der Waals surface area contributed by atoms with Gasteiger partial charge in [0.15, 0.2) is 0 Å². The van der Waals surface area contributed by atoms with Crippen molar-refractivity contribution in [2.24, 2.45) is 0 Å². The van der Waals surface area contributed by atoms with Gasteiger partial charge in [0, 0.05) is 0 Å². The van der Waals surface area contributed by atoms with Crippen molar-refractivity contribution in [2.45, 2.75) is 12.8 Å². The van der Waals surface area contributed by atoms with Crippen molar-refractivity contribution in [2.75, 3.05) is 0 Å². The average Bonchev–Trinajstić information content (AvgIpc) is 2.45. The van der Waals surface area contributed by atoms with Gasteiger partial charge in [-0.05, 0) is 36.1 Å². The lowest BCUT2D eigenvalue weighted by Gasteiger charge is -2.05. The number of benzene rings is 2. The summed E-state index contributed by atoms with van der Waals surface area (Å²) in [6, 6.07) is 19.6. The van der Waals surface area contributed by atoms with Crippen LogP contribution in [0.4, 0.5) is 0 Å². The van der Waals surface area contributed by atoms with Gasteiger partial charge in [-0.25, -0.2) is 0 Å². The first-order chi connectivity index (χ1) is 8.85. The minimum atomic E-state index is 0.715. The lowest BCUT2D eigenvalue weighted by Crippen LogP contribution is -1.96. The molecule has 0 saturated heterocycles. The van der Waals surface area contributed by atoms with Crippen LogP contribution in [-0.2, 0) is 12.8 Å². The summed E-state index contributed by atoms with van der Waals surface area (Å²) in [4.78, 5) is 0. The molecule has 0 aromatic heterocycles. The molecule has 0 bridgehead atoms. The molecule has 0 unspecified atom stereocenters. The quantitative estimate of drug-likeness (QED) is 0.815. The van der Waals surface area contributed by atoms with E-state index in [-0.39, 0.29) is 0 Å². The molecule has 0 aliphatic rings. The van der Waals surface area contributed by atoms with E-state index in [4.69, 9.17) is 10.5 Å². The SMILES string of the molecule is N#Cc1ccccc1CCc1ccccc1C#N. The van der Waals surface area contributed by atoms with Crippen molar-refractivity contribution in [3.8, 4) is 12.1 Å². The second kappa shape index (κ2) is 5.66. The van der Waals surface area contributed by atoms with E-state index < -0.39 is 0 Å². The van der Waals surface area contributed by atoms with E-state index in [1.54, 1.807) is 0 Å². The fourth-order valence-electron chi connectivity index (χ4n) is 1.96. The van der Waals surface area contributed by atoms with Gasteiger partial charge in [0.1, 0.15) is 0 Å². The van der Waals surface area contributed by atoms with Crippen LogP contribution in [0.1, 0.15) is 22.3 Å². The molecule has 0 radical (unpaired) electrons. The van der Waals surface area contributed by atoms with Crippen LogP contribution in [0, 0.1) is 22.7 Å². The molecule has 2 aromatic rings. The van der Waals surface area contributed by atoms with Gasteiger partial charge >= 0.3 is 0 Å². The fourth-order valence-corrected chi connectivity index (χ4v) is 1.96. The molecule has 0 spiro atoms. The van der Waals surface area contributed by atoms with Crippen LogP contribution in [0.2, 0.25) is 0 Å². The number of hydrogen-bond acceptors (Lipinski definition) is 2. The van der Waals surface area contributed by atoms with E-state index in [1.165, 1.54) is 0 Å². The van der Waals surface area contributed by atoms with Crippen molar-refractivity contribution in [3.05, 3.63) is 70.8 Å². The van der Waals surface area contributed by atoms with E-state index in [2.05, 4.69) is 12.1 Å². The lowest BCUT2D eigenvalue weighted by atomic mass is 9.98. The molecular formula is C16H12N2. The van der Waals surface area contributed by atoms with Gasteiger partial charge in [-0.1, -0.05) is 36.4 Å². The summed E-state index contributed by atoms with van der Waals surface area (Å²) in [5, 5.41) is 18.0. The molecule has 2 nitrogen and oxygen atoms in total. The summed E-state index contributed by atoms with van der Waals surface area (Å²) in [5.41, 5.74) is 3.50. The van der Waals surface area contributed by atoms with Gasteiger partial charge in [-0.3, -0.25) is 0 Å². The number of nitriles is 2. The molecule has 2 aromatic carbocycles. The molecule has 0 fully saturated rings. The normalized spacial score (nSPS) is 9.44. The summed E-state index contributed by atoms with van der Waals surface area (Å²) in [6.07, 6.45) is 1.56. The molecule has 0 saturated carbocycles. The Balaban J connectivity index is 2.18. The number of rotatable bonds is 3. The third-order valence-corrected chi connectivity index (χ3v) is 2.94. The summed E-state index contributed by atoms with van der Waals surface area (Å²) < 4.78 is 0. The van der Waals surface area contributed by atoms with Crippen LogP contribution in [0.15, 0.2) is 48.5 Å². The van der Waals surface area contributed by atoms with E-state index in [0.717, 1.165) is 24.0 Å². The highest BCUT2D eigenvalue weighted by Crippen LogP contribution is 2.14. The monoisotopic (exact) mass is 232 g/mol. The Labute approximate surface area is 107 Å². The fraction of sp³-hybridized carbons (Fsp3) is 0.125. The second-order valence-corrected chi connectivity index (χ2v) is 4.04. The maximum atomic E-state index is 9.01. The third kappa shape index (κ3) is 2.56. The Kier molecular flexibility index (Phi) is 3.74. The molecule has 2 rings (SSSR count). The topological polar surface area (TPSA) is 47.6 Å². The highest BCUT2D eigenvalue weighted by Gasteiger charge is 2.04. The van der Waals surface area contributed by atoms with Gasteiger partial charge in [-0.15, -0.1) is 0 Å². The van der Waals surface area contributed by atoms with E-state index in [9.17, 15) is 0 Å². The van der Waals surface area contributed by atoms with Crippen LogP contribution in [0.25, 0.3) is 0 Å². The van der Waals surface area contributed by atoms with Gasteiger partial charge in [0.05, 0.1) is 23.3 Å². The molecule has 2 heteroatoms. The van der Waals surface area contributed by atoms with Gasteiger partial charge in [0.25, 0.3) is 0 Å². The summed E-state index contributed by atoms with van der Waals surface area (Å²) >= 11 is 0. The smallest absolute Gasteiger partial charge is 0.0994 e. The molecule has 18 heavy (non-hydrogen) atoms. The summed E-state index contributed by atoms with van der Waals surface area (Å²) in [7, 11) is 0. The number of nitrogens with zero attached hydrogens (tertiary/aromatic N) is 2. The van der Waals surface area contributed by atoms with Crippen molar-refractivity contribution in [1.29, 1.82) is 10.5 Å².